The Balaban J connectivity index is 1.86. The van der Waals surface area contributed by atoms with Crippen LogP contribution in [0.5, 0.6) is 5.75 Å². The molecule has 1 aromatic heterocycles. The summed E-state index contributed by atoms with van der Waals surface area (Å²) in [5.74, 6) is 1.53. The molecule has 2 aromatic rings. The monoisotopic (exact) mass is 270 g/mol. The van der Waals surface area contributed by atoms with Gasteiger partial charge < -0.3 is 10.1 Å². The Kier molecular flexibility index (Phi) is 5.56. The average Bonchev–Trinajstić information content (AvgIpc) is 2.46. The highest BCUT2D eigenvalue weighted by atomic mass is 16.5. The highest BCUT2D eigenvalue weighted by molar-refractivity contribution is 5.21. The third kappa shape index (κ3) is 5.02. The predicted molar refractivity (Wildman–Crippen MR) is 81.6 cm³/mol. The minimum Gasteiger partial charge on any atom is -0.487 e. The van der Waals surface area contributed by atoms with Crippen molar-refractivity contribution in [2.75, 3.05) is 6.54 Å². The van der Waals surface area contributed by atoms with Gasteiger partial charge in [0.25, 0.3) is 0 Å². The van der Waals surface area contributed by atoms with Crippen LogP contribution in [0.15, 0.2) is 48.5 Å². The van der Waals surface area contributed by atoms with Gasteiger partial charge >= 0.3 is 0 Å². The van der Waals surface area contributed by atoms with Crippen LogP contribution >= 0.6 is 0 Å². The zero-order valence-corrected chi connectivity index (χ0v) is 12.2. The quantitative estimate of drug-likeness (QED) is 0.837. The molecular weight excluding hydrogens is 248 g/mol. The molecule has 0 aliphatic heterocycles. The summed E-state index contributed by atoms with van der Waals surface area (Å²) in [5, 5.41) is 3.40. The van der Waals surface area contributed by atoms with Crippen LogP contribution in [0.3, 0.4) is 0 Å². The maximum Gasteiger partial charge on any atom is 0.130 e. The van der Waals surface area contributed by atoms with Crippen LogP contribution < -0.4 is 10.1 Å². The molecule has 0 aliphatic rings. The summed E-state index contributed by atoms with van der Waals surface area (Å²) in [7, 11) is 0. The van der Waals surface area contributed by atoms with Crippen LogP contribution in [-0.4, -0.2) is 11.5 Å². The van der Waals surface area contributed by atoms with Crippen molar-refractivity contribution < 1.29 is 4.74 Å². The molecule has 0 atom stereocenters. The first-order chi connectivity index (χ1) is 9.74. The van der Waals surface area contributed by atoms with Crippen LogP contribution in [0.1, 0.15) is 25.2 Å². The normalized spacial score (nSPS) is 10.8. The molecule has 0 aliphatic carbocycles. The smallest absolute Gasteiger partial charge is 0.130 e. The Hall–Kier alpha value is -1.87. The van der Waals surface area contributed by atoms with Crippen molar-refractivity contribution in [1.29, 1.82) is 0 Å². The first-order valence-corrected chi connectivity index (χ1v) is 7.07. The number of nitrogens with one attached hydrogen (secondary N) is 1. The molecule has 0 amide bonds. The number of hydrogen-bond acceptors (Lipinski definition) is 3. The third-order valence-corrected chi connectivity index (χ3v) is 2.85. The SMILES string of the molecule is CC(C)CNCc1cccc(COc2ccccc2)n1. The summed E-state index contributed by atoms with van der Waals surface area (Å²) in [6.07, 6.45) is 0. The van der Waals surface area contributed by atoms with Crippen molar-refractivity contribution in [1.82, 2.24) is 10.3 Å². The van der Waals surface area contributed by atoms with Gasteiger partial charge in [-0.1, -0.05) is 38.1 Å². The molecule has 3 nitrogen and oxygen atoms in total. The van der Waals surface area contributed by atoms with Gasteiger partial charge in [0.2, 0.25) is 0 Å². The lowest BCUT2D eigenvalue weighted by Crippen LogP contribution is -2.19. The molecule has 0 spiro atoms. The fourth-order valence-corrected chi connectivity index (χ4v) is 1.87. The maximum absolute atomic E-state index is 5.71. The highest BCUT2D eigenvalue weighted by Crippen LogP contribution is 2.11. The lowest BCUT2D eigenvalue weighted by molar-refractivity contribution is 0.301. The molecule has 1 aromatic carbocycles. The van der Waals surface area contributed by atoms with Crippen LogP contribution in [0.4, 0.5) is 0 Å². The standard InChI is InChI=1S/C17H22N2O/c1-14(2)11-18-12-15-7-6-8-16(19-15)13-20-17-9-4-3-5-10-17/h3-10,14,18H,11-13H2,1-2H3. The van der Waals surface area contributed by atoms with E-state index in [1.165, 1.54) is 0 Å². The number of pyridine rings is 1. The van der Waals surface area contributed by atoms with Crippen molar-refractivity contribution in [3.05, 3.63) is 59.9 Å². The van der Waals surface area contributed by atoms with Crippen molar-refractivity contribution in [2.24, 2.45) is 5.92 Å². The van der Waals surface area contributed by atoms with Gasteiger partial charge in [-0.2, -0.15) is 0 Å². The minimum absolute atomic E-state index is 0.502. The Morgan fingerprint density at radius 1 is 1.00 bits per heavy atom. The van der Waals surface area contributed by atoms with Gasteiger partial charge in [-0.15, -0.1) is 0 Å². The van der Waals surface area contributed by atoms with E-state index in [9.17, 15) is 0 Å². The summed E-state index contributed by atoms with van der Waals surface area (Å²) in [5.41, 5.74) is 2.01. The van der Waals surface area contributed by atoms with Crippen molar-refractivity contribution in [3.63, 3.8) is 0 Å². The lowest BCUT2D eigenvalue weighted by atomic mass is 10.2. The van der Waals surface area contributed by atoms with E-state index in [0.717, 1.165) is 30.2 Å². The summed E-state index contributed by atoms with van der Waals surface area (Å²) in [6.45, 7) is 6.71. The van der Waals surface area contributed by atoms with Crippen molar-refractivity contribution in [2.45, 2.75) is 27.0 Å². The maximum atomic E-state index is 5.71. The zero-order valence-electron chi connectivity index (χ0n) is 12.2. The Morgan fingerprint density at radius 2 is 1.75 bits per heavy atom. The molecule has 0 saturated heterocycles. The van der Waals surface area contributed by atoms with Crippen LogP contribution in [0.25, 0.3) is 0 Å². The number of ether oxygens (including phenoxy) is 1. The third-order valence-electron chi connectivity index (χ3n) is 2.85. The van der Waals surface area contributed by atoms with Gasteiger partial charge in [-0.3, -0.25) is 4.98 Å². The molecule has 0 bridgehead atoms. The zero-order chi connectivity index (χ0) is 14.2. The Morgan fingerprint density at radius 3 is 2.50 bits per heavy atom. The van der Waals surface area contributed by atoms with E-state index in [-0.39, 0.29) is 0 Å². The Labute approximate surface area is 121 Å². The molecule has 1 heterocycles. The second kappa shape index (κ2) is 7.65. The molecule has 20 heavy (non-hydrogen) atoms. The summed E-state index contributed by atoms with van der Waals surface area (Å²) in [4.78, 5) is 4.60. The van der Waals surface area contributed by atoms with Gasteiger partial charge in [0.1, 0.15) is 12.4 Å². The first-order valence-electron chi connectivity index (χ1n) is 7.07. The molecule has 0 fully saturated rings. The summed E-state index contributed by atoms with van der Waals surface area (Å²) in [6, 6.07) is 15.9. The van der Waals surface area contributed by atoms with Crippen LogP contribution in [0, 0.1) is 5.92 Å². The van der Waals surface area contributed by atoms with E-state index < -0.39 is 0 Å². The van der Waals surface area contributed by atoms with Gasteiger partial charge in [-0.25, -0.2) is 0 Å². The average molecular weight is 270 g/mol. The Bertz CT molecular complexity index is 511. The number of benzene rings is 1. The second-order valence-corrected chi connectivity index (χ2v) is 5.25. The van der Waals surface area contributed by atoms with E-state index in [1.54, 1.807) is 0 Å². The molecule has 106 valence electrons. The van der Waals surface area contributed by atoms with Crippen molar-refractivity contribution >= 4 is 0 Å². The summed E-state index contributed by atoms with van der Waals surface area (Å²) >= 11 is 0. The minimum atomic E-state index is 0.502. The van der Waals surface area contributed by atoms with E-state index in [2.05, 4.69) is 24.1 Å². The van der Waals surface area contributed by atoms with Gasteiger partial charge in [0.15, 0.2) is 0 Å². The van der Waals surface area contributed by atoms with E-state index in [0.29, 0.717) is 12.5 Å². The van der Waals surface area contributed by atoms with Gasteiger partial charge in [-0.05, 0) is 36.7 Å². The summed E-state index contributed by atoms with van der Waals surface area (Å²) < 4.78 is 5.71. The van der Waals surface area contributed by atoms with Crippen molar-refractivity contribution in [3.8, 4) is 5.75 Å². The van der Waals surface area contributed by atoms with Gasteiger partial charge in [0.05, 0.1) is 11.4 Å². The van der Waals surface area contributed by atoms with Crippen LogP contribution in [-0.2, 0) is 13.2 Å². The first kappa shape index (κ1) is 14.5. The molecule has 2 rings (SSSR count). The fourth-order valence-electron chi connectivity index (χ4n) is 1.87. The number of nitrogens with zero attached hydrogens (tertiary/aromatic N) is 1. The molecule has 0 unspecified atom stereocenters. The predicted octanol–water partition coefficient (Wildman–Crippen LogP) is 3.41. The van der Waals surface area contributed by atoms with Gasteiger partial charge in [0, 0.05) is 6.54 Å². The molecule has 0 radical (unpaired) electrons. The molecular formula is C17H22N2O. The molecule has 0 saturated carbocycles. The second-order valence-electron chi connectivity index (χ2n) is 5.25. The largest absolute Gasteiger partial charge is 0.487 e. The lowest BCUT2D eigenvalue weighted by Gasteiger charge is -2.09. The van der Waals surface area contributed by atoms with E-state index in [4.69, 9.17) is 4.74 Å². The highest BCUT2D eigenvalue weighted by Gasteiger charge is 2.00. The van der Waals surface area contributed by atoms with E-state index in [1.807, 2.05) is 48.5 Å². The number of aromatic nitrogens is 1. The van der Waals surface area contributed by atoms with Crippen LogP contribution in [0.2, 0.25) is 0 Å². The topological polar surface area (TPSA) is 34.1 Å². The molecule has 1 N–H and O–H groups in total. The number of hydrogen-bond donors (Lipinski definition) is 1. The number of rotatable bonds is 7. The van der Waals surface area contributed by atoms with E-state index >= 15 is 0 Å². The molecule has 3 heteroatoms. The number of para-hydroxylation sites is 1. The fraction of sp³-hybridized carbons (Fsp3) is 0.353.